The van der Waals surface area contributed by atoms with E-state index in [0.717, 1.165) is 36.7 Å². The maximum absolute atomic E-state index is 11.5. The smallest absolute Gasteiger partial charge is 0.290 e. The Morgan fingerprint density at radius 1 is 1.37 bits per heavy atom. The third-order valence-electron chi connectivity index (χ3n) is 3.39. The minimum Gasteiger partial charge on any atom is -0.374 e. The van der Waals surface area contributed by atoms with Crippen molar-refractivity contribution in [1.29, 1.82) is 0 Å². The number of hydrogen-bond donors (Lipinski definition) is 1. The number of fused-ring (bicyclic) bond motifs is 1. The Morgan fingerprint density at radius 2 is 2.21 bits per heavy atom. The zero-order valence-electron chi connectivity index (χ0n) is 10.6. The Hall–Kier alpha value is -1.75. The second kappa shape index (κ2) is 4.74. The molecule has 5 heteroatoms. The fourth-order valence-electron chi connectivity index (χ4n) is 2.47. The van der Waals surface area contributed by atoms with Gasteiger partial charge in [0.1, 0.15) is 0 Å². The van der Waals surface area contributed by atoms with Crippen molar-refractivity contribution in [3.8, 4) is 0 Å². The Morgan fingerprint density at radius 3 is 2.95 bits per heavy atom. The Balaban J connectivity index is 1.93. The second-order valence-electron chi connectivity index (χ2n) is 4.77. The van der Waals surface area contributed by atoms with Gasteiger partial charge < -0.3 is 4.90 Å². The molecule has 1 fully saturated rings. The zero-order chi connectivity index (χ0) is 13.4. The lowest BCUT2D eigenvalue weighted by Gasteiger charge is -2.27. The molecule has 0 atom stereocenters. The van der Waals surface area contributed by atoms with Gasteiger partial charge in [-0.05, 0) is 53.9 Å². The molecule has 1 aromatic carbocycles. The molecule has 1 saturated heterocycles. The van der Waals surface area contributed by atoms with Crippen molar-refractivity contribution in [2.45, 2.75) is 12.8 Å². The molecule has 0 bridgehead atoms. The number of imide groups is 1. The maximum atomic E-state index is 11.5. The molecule has 0 unspecified atom stereocenters. The monoisotopic (exact) mass is 274 g/mol. The summed E-state index contributed by atoms with van der Waals surface area (Å²) in [5.74, 6) is -0.301. The van der Waals surface area contributed by atoms with Crippen LogP contribution in [0, 0.1) is 0 Å². The van der Waals surface area contributed by atoms with Crippen molar-refractivity contribution >= 4 is 34.7 Å². The van der Waals surface area contributed by atoms with Crippen LogP contribution in [0.1, 0.15) is 17.5 Å². The van der Waals surface area contributed by atoms with E-state index in [-0.39, 0.29) is 11.1 Å². The predicted octanol–water partition coefficient (Wildman–Crippen LogP) is 2.39. The van der Waals surface area contributed by atoms with Gasteiger partial charge in [0.15, 0.2) is 0 Å². The number of thioether (sulfide) groups is 1. The van der Waals surface area contributed by atoms with Crippen molar-refractivity contribution in [3.05, 3.63) is 34.2 Å². The average molecular weight is 274 g/mol. The largest absolute Gasteiger partial charge is 0.374 e. The molecule has 19 heavy (non-hydrogen) atoms. The van der Waals surface area contributed by atoms with Gasteiger partial charge in [-0.1, -0.05) is 6.07 Å². The molecule has 0 saturated carbocycles. The number of anilines is 1. The number of amides is 2. The lowest BCUT2D eigenvalue weighted by molar-refractivity contribution is -0.115. The summed E-state index contributed by atoms with van der Waals surface area (Å²) in [4.78, 5) is 25.3. The SMILES string of the molecule is CN1CCCc2cc(/C=C3\SC(=O)NC3=O)ccc21. The average Bonchev–Trinajstić information content (AvgIpc) is 2.68. The summed E-state index contributed by atoms with van der Waals surface area (Å²) in [6.07, 6.45) is 3.99. The first-order valence-corrected chi connectivity index (χ1v) is 7.04. The highest BCUT2D eigenvalue weighted by molar-refractivity contribution is 8.18. The van der Waals surface area contributed by atoms with Gasteiger partial charge in [-0.15, -0.1) is 0 Å². The van der Waals surface area contributed by atoms with Gasteiger partial charge in [0.25, 0.3) is 11.1 Å². The molecule has 4 nitrogen and oxygen atoms in total. The molecule has 0 aromatic heterocycles. The van der Waals surface area contributed by atoms with E-state index in [4.69, 9.17) is 0 Å². The molecule has 2 aliphatic rings. The molecule has 0 aliphatic carbocycles. The Labute approximate surface area is 115 Å². The highest BCUT2D eigenvalue weighted by atomic mass is 32.2. The van der Waals surface area contributed by atoms with E-state index in [9.17, 15) is 9.59 Å². The van der Waals surface area contributed by atoms with Crippen molar-refractivity contribution in [2.75, 3.05) is 18.5 Å². The quantitative estimate of drug-likeness (QED) is 0.799. The zero-order valence-corrected chi connectivity index (χ0v) is 11.4. The highest BCUT2D eigenvalue weighted by Gasteiger charge is 2.25. The Kier molecular flexibility index (Phi) is 3.06. The molecule has 0 radical (unpaired) electrons. The molecular formula is C14H14N2O2S. The second-order valence-corrected chi connectivity index (χ2v) is 5.78. The van der Waals surface area contributed by atoms with Crippen molar-refractivity contribution < 1.29 is 9.59 Å². The lowest BCUT2D eigenvalue weighted by atomic mass is 9.99. The van der Waals surface area contributed by atoms with Gasteiger partial charge in [-0.25, -0.2) is 0 Å². The van der Waals surface area contributed by atoms with Gasteiger partial charge in [-0.3, -0.25) is 14.9 Å². The normalized spacial score (nSPS) is 20.7. The number of aryl methyl sites for hydroxylation is 1. The van der Waals surface area contributed by atoms with Crippen molar-refractivity contribution in [1.82, 2.24) is 5.32 Å². The summed E-state index contributed by atoms with van der Waals surface area (Å²) >= 11 is 0.958. The molecule has 98 valence electrons. The van der Waals surface area contributed by atoms with E-state index < -0.39 is 0 Å². The molecule has 1 N–H and O–H groups in total. The minimum atomic E-state index is -0.301. The fraction of sp³-hybridized carbons (Fsp3) is 0.286. The predicted molar refractivity (Wildman–Crippen MR) is 77.1 cm³/mol. The summed E-state index contributed by atoms with van der Waals surface area (Å²) in [7, 11) is 2.09. The van der Waals surface area contributed by atoms with Gasteiger partial charge >= 0.3 is 0 Å². The number of benzene rings is 1. The van der Waals surface area contributed by atoms with Crippen LogP contribution in [0.5, 0.6) is 0 Å². The lowest BCUT2D eigenvalue weighted by Crippen LogP contribution is -2.24. The van der Waals surface area contributed by atoms with Gasteiger partial charge in [0.05, 0.1) is 4.91 Å². The number of carbonyl (C=O) groups excluding carboxylic acids is 2. The molecule has 2 amide bonds. The van der Waals surface area contributed by atoms with Gasteiger partial charge in [-0.2, -0.15) is 0 Å². The summed E-state index contributed by atoms with van der Waals surface area (Å²) in [5.41, 5.74) is 3.53. The molecule has 2 aliphatic heterocycles. The summed E-state index contributed by atoms with van der Waals surface area (Å²) < 4.78 is 0. The first kappa shape index (κ1) is 12.3. The van der Waals surface area contributed by atoms with Crippen LogP contribution in [0.15, 0.2) is 23.1 Å². The third kappa shape index (κ3) is 2.38. The van der Waals surface area contributed by atoms with E-state index in [0.29, 0.717) is 4.91 Å². The Bertz CT molecular complexity index is 595. The fourth-order valence-corrected chi connectivity index (χ4v) is 3.15. The number of rotatable bonds is 1. The van der Waals surface area contributed by atoms with Gasteiger partial charge in [0, 0.05) is 19.3 Å². The first-order chi connectivity index (χ1) is 9.13. The standard InChI is InChI=1S/C14H14N2O2S/c1-16-6-2-3-10-7-9(4-5-11(10)16)8-12-13(17)15-14(18)19-12/h4-5,7-8H,2-3,6H2,1H3,(H,15,17,18)/b12-8-. The van der Waals surface area contributed by atoms with E-state index in [1.807, 2.05) is 6.07 Å². The van der Waals surface area contributed by atoms with E-state index in [2.05, 4.69) is 29.4 Å². The van der Waals surface area contributed by atoms with Crippen LogP contribution in [-0.2, 0) is 11.2 Å². The molecule has 3 rings (SSSR count). The van der Waals surface area contributed by atoms with Crippen LogP contribution in [0.3, 0.4) is 0 Å². The molecule has 1 aromatic rings. The van der Waals surface area contributed by atoms with E-state index >= 15 is 0 Å². The first-order valence-electron chi connectivity index (χ1n) is 6.22. The molecular weight excluding hydrogens is 260 g/mol. The molecule has 0 spiro atoms. The van der Waals surface area contributed by atoms with Crippen molar-refractivity contribution in [2.24, 2.45) is 0 Å². The van der Waals surface area contributed by atoms with Crippen LogP contribution >= 0.6 is 11.8 Å². The van der Waals surface area contributed by atoms with Crippen LogP contribution in [0.2, 0.25) is 0 Å². The van der Waals surface area contributed by atoms with Crippen LogP contribution in [0.4, 0.5) is 10.5 Å². The molecule has 2 heterocycles. The van der Waals surface area contributed by atoms with Crippen LogP contribution in [-0.4, -0.2) is 24.7 Å². The summed E-state index contributed by atoms with van der Waals surface area (Å²) in [6.45, 7) is 1.08. The van der Waals surface area contributed by atoms with E-state index in [1.54, 1.807) is 6.08 Å². The van der Waals surface area contributed by atoms with E-state index in [1.165, 1.54) is 11.3 Å². The number of nitrogens with one attached hydrogen (secondary N) is 1. The number of nitrogens with zero attached hydrogens (tertiary/aromatic N) is 1. The van der Waals surface area contributed by atoms with Crippen LogP contribution in [0.25, 0.3) is 6.08 Å². The summed E-state index contributed by atoms with van der Waals surface area (Å²) in [6, 6.07) is 6.18. The minimum absolute atomic E-state index is 0.297. The van der Waals surface area contributed by atoms with Crippen LogP contribution < -0.4 is 10.2 Å². The van der Waals surface area contributed by atoms with Gasteiger partial charge in [0.2, 0.25) is 0 Å². The number of carbonyl (C=O) groups is 2. The third-order valence-corrected chi connectivity index (χ3v) is 4.20. The highest BCUT2D eigenvalue weighted by Crippen LogP contribution is 2.30. The summed E-state index contributed by atoms with van der Waals surface area (Å²) in [5, 5.41) is 1.97. The maximum Gasteiger partial charge on any atom is 0.290 e. The topological polar surface area (TPSA) is 49.4 Å². The number of hydrogen-bond acceptors (Lipinski definition) is 4. The van der Waals surface area contributed by atoms with Crippen molar-refractivity contribution in [3.63, 3.8) is 0 Å².